The molecule has 0 amide bonds. The average Bonchev–Trinajstić information content (AvgIpc) is 2.46. The molecule has 21 heavy (non-hydrogen) atoms. The van der Waals surface area contributed by atoms with Gasteiger partial charge in [-0.1, -0.05) is 47.7 Å². The fourth-order valence-corrected chi connectivity index (χ4v) is 2.99. The Hall–Kier alpha value is -2.00. The summed E-state index contributed by atoms with van der Waals surface area (Å²) in [7, 11) is 0. The first-order valence-corrected chi connectivity index (χ1v) is 7.83. The third kappa shape index (κ3) is 3.19. The fourth-order valence-electron chi connectivity index (χ4n) is 2.15. The van der Waals surface area contributed by atoms with E-state index in [0.29, 0.717) is 16.1 Å². The van der Waals surface area contributed by atoms with Crippen LogP contribution in [0, 0.1) is 13.8 Å². The Morgan fingerprint density at radius 2 is 1.67 bits per heavy atom. The van der Waals surface area contributed by atoms with Crippen molar-refractivity contribution < 1.29 is 4.42 Å². The number of fused-ring (bicyclic) bond motifs is 1. The number of aryl methyl sites for hydroxylation is 2. The van der Waals surface area contributed by atoms with E-state index in [2.05, 4.69) is 31.2 Å². The molecule has 0 radical (unpaired) electrons. The Balaban J connectivity index is 1.87. The molecule has 1 heterocycles. The maximum absolute atomic E-state index is 12.1. The van der Waals surface area contributed by atoms with Crippen LogP contribution in [0.5, 0.6) is 0 Å². The first kappa shape index (κ1) is 14.0. The van der Waals surface area contributed by atoms with Crippen LogP contribution in [-0.2, 0) is 5.75 Å². The summed E-state index contributed by atoms with van der Waals surface area (Å²) in [6, 6.07) is 15.6. The quantitative estimate of drug-likeness (QED) is 0.656. The van der Waals surface area contributed by atoms with Gasteiger partial charge in [-0.25, -0.2) is 0 Å². The van der Waals surface area contributed by atoms with Crippen molar-refractivity contribution in [3.05, 3.63) is 75.4 Å². The van der Waals surface area contributed by atoms with Gasteiger partial charge in [0.25, 0.3) is 0 Å². The average molecular weight is 296 g/mol. The Morgan fingerprint density at radius 3 is 2.43 bits per heavy atom. The van der Waals surface area contributed by atoms with E-state index in [1.165, 1.54) is 11.1 Å². The molecule has 0 spiro atoms. The van der Waals surface area contributed by atoms with Crippen LogP contribution < -0.4 is 5.43 Å². The van der Waals surface area contributed by atoms with Gasteiger partial charge in [0.2, 0.25) is 0 Å². The summed E-state index contributed by atoms with van der Waals surface area (Å²) < 4.78 is 5.83. The van der Waals surface area contributed by atoms with E-state index in [4.69, 9.17) is 4.42 Å². The van der Waals surface area contributed by atoms with Crippen LogP contribution in [-0.4, -0.2) is 0 Å². The summed E-state index contributed by atoms with van der Waals surface area (Å²) in [6.07, 6.45) is 0. The van der Waals surface area contributed by atoms with E-state index in [-0.39, 0.29) is 5.43 Å². The number of thioether (sulfide) groups is 1. The van der Waals surface area contributed by atoms with Gasteiger partial charge in [0.15, 0.2) is 10.5 Å². The lowest BCUT2D eigenvalue weighted by Gasteiger charge is -2.04. The normalized spacial score (nSPS) is 11.0. The van der Waals surface area contributed by atoms with Crippen molar-refractivity contribution in [3.8, 4) is 0 Å². The SMILES string of the molecule is Cc1ccc(CSc2cc(=O)c3ccc(C)cc3o2)cc1. The Bertz CT molecular complexity index is 832. The zero-order chi connectivity index (χ0) is 14.8. The summed E-state index contributed by atoms with van der Waals surface area (Å²) in [4.78, 5) is 12.1. The van der Waals surface area contributed by atoms with Crippen LogP contribution in [0.2, 0.25) is 0 Å². The number of rotatable bonds is 3. The summed E-state index contributed by atoms with van der Waals surface area (Å²) in [6.45, 7) is 4.06. The molecule has 2 aromatic carbocycles. The Labute approximate surface area is 127 Å². The highest BCUT2D eigenvalue weighted by molar-refractivity contribution is 7.98. The molecule has 0 unspecified atom stereocenters. The largest absolute Gasteiger partial charge is 0.450 e. The minimum atomic E-state index is 0.0163. The Kier molecular flexibility index (Phi) is 3.84. The lowest BCUT2D eigenvalue weighted by Crippen LogP contribution is -2.00. The number of hydrogen-bond donors (Lipinski definition) is 0. The van der Waals surface area contributed by atoms with Gasteiger partial charge in [-0.05, 0) is 37.1 Å². The monoisotopic (exact) mass is 296 g/mol. The predicted molar refractivity (Wildman–Crippen MR) is 88.0 cm³/mol. The molecule has 3 aromatic rings. The lowest BCUT2D eigenvalue weighted by atomic mass is 10.2. The maximum Gasteiger partial charge on any atom is 0.193 e. The van der Waals surface area contributed by atoms with Crippen LogP contribution in [0.4, 0.5) is 0 Å². The third-order valence-corrected chi connectivity index (χ3v) is 4.33. The molecule has 0 fully saturated rings. The van der Waals surface area contributed by atoms with Crippen molar-refractivity contribution in [3.63, 3.8) is 0 Å². The van der Waals surface area contributed by atoms with Crippen molar-refractivity contribution in [1.29, 1.82) is 0 Å². The lowest BCUT2D eigenvalue weighted by molar-refractivity contribution is 0.499. The second-order valence-electron chi connectivity index (χ2n) is 5.20. The molecule has 3 rings (SSSR count). The summed E-state index contributed by atoms with van der Waals surface area (Å²) in [5.74, 6) is 0.792. The molecule has 0 bridgehead atoms. The van der Waals surface area contributed by atoms with E-state index < -0.39 is 0 Å². The molecule has 1 aromatic heterocycles. The second-order valence-corrected chi connectivity index (χ2v) is 6.18. The number of hydrogen-bond acceptors (Lipinski definition) is 3. The van der Waals surface area contributed by atoms with Crippen molar-refractivity contribution in [2.45, 2.75) is 24.7 Å². The van der Waals surface area contributed by atoms with Gasteiger partial charge >= 0.3 is 0 Å². The summed E-state index contributed by atoms with van der Waals surface area (Å²) in [5, 5.41) is 1.30. The molecule has 0 N–H and O–H groups in total. The molecule has 0 saturated heterocycles. The predicted octanol–water partition coefficient (Wildman–Crippen LogP) is 4.70. The van der Waals surface area contributed by atoms with Gasteiger partial charge < -0.3 is 4.42 Å². The molecule has 0 atom stereocenters. The standard InChI is InChI=1S/C18H16O2S/c1-12-3-6-14(7-4-12)11-21-18-10-16(19)15-8-5-13(2)9-17(15)20-18/h3-10H,11H2,1-2H3. The molecule has 0 saturated carbocycles. The summed E-state index contributed by atoms with van der Waals surface area (Å²) in [5.41, 5.74) is 4.23. The van der Waals surface area contributed by atoms with Crippen LogP contribution in [0.3, 0.4) is 0 Å². The molecule has 0 aliphatic heterocycles. The smallest absolute Gasteiger partial charge is 0.193 e. The van der Waals surface area contributed by atoms with Gasteiger partial charge in [0.05, 0.1) is 5.39 Å². The maximum atomic E-state index is 12.1. The van der Waals surface area contributed by atoms with Crippen molar-refractivity contribution in [2.75, 3.05) is 0 Å². The van der Waals surface area contributed by atoms with Gasteiger partial charge in [-0.2, -0.15) is 0 Å². The minimum absolute atomic E-state index is 0.0163. The fraction of sp³-hybridized carbons (Fsp3) is 0.167. The van der Waals surface area contributed by atoms with E-state index in [0.717, 1.165) is 11.3 Å². The first-order valence-electron chi connectivity index (χ1n) is 6.85. The van der Waals surface area contributed by atoms with Gasteiger partial charge in [0.1, 0.15) is 5.58 Å². The second kappa shape index (κ2) is 5.78. The zero-order valence-electron chi connectivity index (χ0n) is 12.1. The summed E-state index contributed by atoms with van der Waals surface area (Å²) >= 11 is 1.55. The zero-order valence-corrected chi connectivity index (χ0v) is 12.9. The highest BCUT2D eigenvalue weighted by Gasteiger charge is 2.06. The third-order valence-electron chi connectivity index (χ3n) is 3.36. The van der Waals surface area contributed by atoms with Crippen molar-refractivity contribution >= 4 is 22.7 Å². The van der Waals surface area contributed by atoms with Crippen LogP contribution >= 0.6 is 11.8 Å². The molecule has 3 heteroatoms. The van der Waals surface area contributed by atoms with Gasteiger partial charge in [0, 0.05) is 11.8 Å². The number of benzene rings is 2. The molecular weight excluding hydrogens is 280 g/mol. The minimum Gasteiger partial charge on any atom is -0.450 e. The van der Waals surface area contributed by atoms with Gasteiger partial charge in [-0.15, -0.1) is 0 Å². The molecular formula is C18H16O2S. The molecule has 2 nitrogen and oxygen atoms in total. The van der Waals surface area contributed by atoms with E-state index >= 15 is 0 Å². The van der Waals surface area contributed by atoms with Crippen LogP contribution in [0.1, 0.15) is 16.7 Å². The Morgan fingerprint density at radius 1 is 0.952 bits per heavy atom. The van der Waals surface area contributed by atoms with Crippen molar-refractivity contribution in [2.24, 2.45) is 0 Å². The van der Waals surface area contributed by atoms with E-state index in [9.17, 15) is 4.79 Å². The van der Waals surface area contributed by atoms with Crippen LogP contribution in [0.25, 0.3) is 11.0 Å². The van der Waals surface area contributed by atoms with Gasteiger partial charge in [-0.3, -0.25) is 4.79 Å². The van der Waals surface area contributed by atoms with Crippen molar-refractivity contribution in [1.82, 2.24) is 0 Å². The topological polar surface area (TPSA) is 30.2 Å². The van der Waals surface area contributed by atoms with E-state index in [1.54, 1.807) is 17.8 Å². The van der Waals surface area contributed by atoms with E-state index in [1.807, 2.05) is 25.1 Å². The highest BCUT2D eigenvalue weighted by Crippen LogP contribution is 2.25. The van der Waals surface area contributed by atoms with Crippen LogP contribution in [0.15, 0.2) is 62.8 Å². The highest BCUT2D eigenvalue weighted by atomic mass is 32.2. The molecule has 0 aliphatic carbocycles. The first-order chi connectivity index (χ1) is 10.1. The molecule has 106 valence electrons. The molecule has 0 aliphatic rings.